The standard InChI is InChI=1S/C15H22O4/c1-9-13(16)10(2)15(18-4)19-14(9)11-5-7-12(17-3)8-6-11/h5-10,13-16H,1-4H3/t9-,10-,13-,14+,15-/m1/s1. The molecule has 0 unspecified atom stereocenters. The molecule has 1 heterocycles. The number of aliphatic hydroxyl groups is 1. The summed E-state index contributed by atoms with van der Waals surface area (Å²) in [6.07, 6.45) is -0.980. The van der Waals surface area contributed by atoms with E-state index in [9.17, 15) is 5.11 Å². The smallest absolute Gasteiger partial charge is 0.163 e. The first-order valence-electron chi connectivity index (χ1n) is 6.58. The van der Waals surface area contributed by atoms with Crippen molar-refractivity contribution in [2.75, 3.05) is 14.2 Å². The summed E-state index contributed by atoms with van der Waals surface area (Å²) in [5, 5.41) is 10.3. The number of hydrogen-bond acceptors (Lipinski definition) is 4. The lowest BCUT2D eigenvalue weighted by atomic mass is 9.83. The van der Waals surface area contributed by atoms with Crippen LogP contribution in [0, 0.1) is 11.8 Å². The minimum absolute atomic E-state index is 0.0230. The fourth-order valence-corrected chi connectivity index (χ4v) is 2.66. The molecular formula is C15H22O4. The molecule has 1 aliphatic rings. The van der Waals surface area contributed by atoms with Gasteiger partial charge in [-0.25, -0.2) is 0 Å². The average molecular weight is 266 g/mol. The first kappa shape index (κ1) is 14.3. The molecule has 1 saturated heterocycles. The fraction of sp³-hybridized carbons (Fsp3) is 0.600. The zero-order valence-electron chi connectivity index (χ0n) is 11.9. The average Bonchev–Trinajstić information content (AvgIpc) is 2.45. The van der Waals surface area contributed by atoms with Crippen LogP contribution >= 0.6 is 0 Å². The van der Waals surface area contributed by atoms with Crippen molar-refractivity contribution in [1.82, 2.24) is 0 Å². The molecule has 0 aliphatic carbocycles. The molecule has 1 aromatic carbocycles. The van der Waals surface area contributed by atoms with E-state index in [1.807, 2.05) is 38.1 Å². The van der Waals surface area contributed by atoms with Gasteiger partial charge < -0.3 is 19.3 Å². The number of ether oxygens (including phenoxy) is 3. The van der Waals surface area contributed by atoms with E-state index in [1.165, 1.54) is 0 Å². The SMILES string of the molecule is COc1ccc([C@H]2O[C@@H](OC)[C@H](C)[C@H](O)[C@H]2C)cc1. The van der Waals surface area contributed by atoms with Gasteiger partial charge in [-0.2, -0.15) is 0 Å². The lowest BCUT2D eigenvalue weighted by Crippen LogP contribution is -2.45. The van der Waals surface area contributed by atoms with Crippen LogP contribution in [-0.2, 0) is 9.47 Å². The second-order valence-corrected chi connectivity index (χ2v) is 5.14. The maximum atomic E-state index is 10.3. The van der Waals surface area contributed by atoms with Crippen LogP contribution in [0.5, 0.6) is 5.75 Å². The highest BCUT2D eigenvalue weighted by Gasteiger charge is 2.41. The minimum Gasteiger partial charge on any atom is -0.497 e. The Morgan fingerprint density at radius 2 is 1.68 bits per heavy atom. The van der Waals surface area contributed by atoms with Crippen molar-refractivity contribution >= 4 is 0 Å². The molecule has 0 aromatic heterocycles. The van der Waals surface area contributed by atoms with Gasteiger partial charge in [0.05, 0.1) is 19.3 Å². The van der Waals surface area contributed by atoms with Gasteiger partial charge in [0, 0.05) is 18.9 Å². The molecule has 1 aromatic rings. The van der Waals surface area contributed by atoms with Crippen molar-refractivity contribution in [3.63, 3.8) is 0 Å². The predicted octanol–water partition coefficient (Wildman–Crippen LogP) is 2.37. The highest BCUT2D eigenvalue weighted by molar-refractivity contribution is 5.29. The van der Waals surface area contributed by atoms with E-state index < -0.39 is 6.10 Å². The van der Waals surface area contributed by atoms with Gasteiger partial charge in [-0.15, -0.1) is 0 Å². The van der Waals surface area contributed by atoms with Gasteiger partial charge in [-0.3, -0.25) is 0 Å². The summed E-state index contributed by atoms with van der Waals surface area (Å²) in [5.41, 5.74) is 1.03. The highest BCUT2D eigenvalue weighted by Crippen LogP contribution is 2.39. The molecule has 0 spiro atoms. The Labute approximate surface area is 114 Å². The van der Waals surface area contributed by atoms with Crippen molar-refractivity contribution in [1.29, 1.82) is 0 Å². The molecule has 4 heteroatoms. The zero-order valence-corrected chi connectivity index (χ0v) is 11.9. The van der Waals surface area contributed by atoms with E-state index in [0.29, 0.717) is 0 Å². The summed E-state index contributed by atoms with van der Waals surface area (Å²) < 4.78 is 16.4. The van der Waals surface area contributed by atoms with Crippen molar-refractivity contribution in [3.05, 3.63) is 29.8 Å². The largest absolute Gasteiger partial charge is 0.497 e. The highest BCUT2D eigenvalue weighted by atomic mass is 16.7. The Kier molecular flexibility index (Phi) is 4.45. The van der Waals surface area contributed by atoms with Crippen LogP contribution in [-0.4, -0.2) is 31.7 Å². The van der Waals surface area contributed by atoms with Crippen molar-refractivity contribution in [2.24, 2.45) is 11.8 Å². The number of hydrogen-bond donors (Lipinski definition) is 1. The van der Waals surface area contributed by atoms with Crippen LogP contribution in [0.1, 0.15) is 25.5 Å². The molecular weight excluding hydrogens is 244 g/mol. The third-order valence-electron chi connectivity index (χ3n) is 3.94. The Bertz CT molecular complexity index is 401. The van der Waals surface area contributed by atoms with E-state index in [4.69, 9.17) is 14.2 Å². The van der Waals surface area contributed by atoms with Crippen LogP contribution in [0.4, 0.5) is 0 Å². The van der Waals surface area contributed by atoms with Crippen LogP contribution in [0.3, 0.4) is 0 Å². The number of aliphatic hydroxyl groups excluding tert-OH is 1. The maximum absolute atomic E-state index is 10.3. The van der Waals surface area contributed by atoms with Gasteiger partial charge in [0.15, 0.2) is 6.29 Å². The van der Waals surface area contributed by atoms with Crippen LogP contribution < -0.4 is 4.74 Å². The van der Waals surface area contributed by atoms with Crippen LogP contribution in [0.25, 0.3) is 0 Å². The van der Waals surface area contributed by atoms with Crippen molar-refractivity contribution in [3.8, 4) is 5.75 Å². The van der Waals surface area contributed by atoms with Crippen molar-refractivity contribution in [2.45, 2.75) is 32.3 Å². The van der Waals surface area contributed by atoms with Gasteiger partial charge in [0.1, 0.15) is 5.75 Å². The van der Waals surface area contributed by atoms with E-state index in [0.717, 1.165) is 11.3 Å². The number of methoxy groups -OCH3 is 2. The van der Waals surface area contributed by atoms with E-state index in [-0.39, 0.29) is 24.2 Å². The first-order valence-corrected chi connectivity index (χ1v) is 6.58. The maximum Gasteiger partial charge on any atom is 0.163 e. The monoisotopic (exact) mass is 266 g/mol. The third-order valence-corrected chi connectivity index (χ3v) is 3.94. The summed E-state index contributed by atoms with van der Waals surface area (Å²) in [7, 11) is 3.25. The Hall–Kier alpha value is -1.10. The summed E-state index contributed by atoms with van der Waals surface area (Å²) in [6.45, 7) is 3.95. The fourth-order valence-electron chi connectivity index (χ4n) is 2.66. The van der Waals surface area contributed by atoms with Gasteiger partial charge in [0.25, 0.3) is 0 Å². The summed E-state index contributed by atoms with van der Waals surface area (Å²) in [5.74, 6) is 0.800. The molecule has 106 valence electrons. The minimum atomic E-state index is -0.439. The Balaban J connectivity index is 2.21. The lowest BCUT2D eigenvalue weighted by Gasteiger charge is -2.42. The second-order valence-electron chi connectivity index (χ2n) is 5.14. The van der Waals surface area contributed by atoms with E-state index in [1.54, 1.807) is 14.2 Å². The van der Waals surface area contributed by atoms with Gasteiger partial charge in [-0.05, 0) is 17.7 Å². The predicted molar refractivity (Wildman–Crippen MR) is 72.0 cm³/mol. The number of benzene rings is 1. The quantitative estimate of drug-likeness (QED) is 0.912. The third kappa shape index (κ3) is 2.76. The van der Waals surface area contributed by atoms with Crippen molar-refractivity contribution < 1.29 is 19.3 Å². The molecule has 1 fully saturated rings. The van der Waals surface area contributed by atoms with Gasteiger partial charge in [0.2, 0.25) is 0 Å². The zero-order chi connectivity index (χ0) is 14.0. The molecule has 0 saturated carbocycles. The van der Waals surface area contributed by atoms with Crippen LogP contribution in [0.2, 0.25) is 0 Å². The summed E-state index contributed by atoms with van der Waals surface area (Å²) in [6, 6.07) is 7.74. The first-order chi connectivity index (χ1) is 9.08. The Morgan fingerprint density at radius 3 is 2.21 bits per heavy atom. The van der Waals surface area contributed by atoms with Gasteiger partial charge >= 0.3 is 0 Å². The normalized spacial score (nSPS) is 35.1. The molecule has 1 N–H and O–H groups in total. The van der Waals surface area contributed by atoms with Gasteiger partial charge in [-0.1, -0.05) is 26.0 Å². The molecule has 0 radical (unpaired) electrons. The van der Waals surface area contributed by atoms with E-state index >= 15 is 0 Å². The topological polar surface area (TPSA) is 47.9 Å². The second kappa shape index (κ2) is 5.90. The van der Waals surface area contributed by atoms with Crippen LogP contribution in [0.15, 0.2) is 24.3 Å². The van der Waals surface area contributed by atoms with E-state index in [2.05, 4.69) is 0 Å². The molecule has 19 heavy (non-hydrogen) atoms. The number of rotatable bonds is 3. The molecule has 5 atom stereocenters. The summed E-state index contributed by atoms with van der Waals surface area (Å²) in [4.78, 5) is 0. The molecule has 4 nitrogen and oxygen atoms in total. The summed E-state index contributed by atoms with van der Waals surface area (Å²) >= 11 is 0. The molecule has 2 rings (SSSR count). The molecule has 0 bridgehead atoms. The molecule has 0 amide bonds. The lowest BCUT2D eigenvalue weighted by molar-refractivity contribution is -0.255. The molecule has 1 aliphatic heterocycles. The Morgan fingerprint density at radius 1 is 1.05 bits per heavy atom.